The molecule has 5 aromatic rings. The molecular formula is C28H34N8. The molecule has 2 aromatic carbocycles. The third-order valence-corrected chi connectivity index (χ3v) is 7.02. The van der Waals surface area contributed by atoms with Crippen molar-refractivity contribution in [3.8, 4) is 11.1 Å². The molecule has 8 heteroatoms. The fourth-order valence-corrected chi connectivity index (χ4v) is 5.18. The van der Waals surface area contributed by atoms with Gasteiger partial charge in [-0.2, -0.15) is 0 Å². The molecule has 1 saturated heterocycles. The summed E-state index contributed by atoms with van der Waals surface area (Å²) in [6.07, 6.45) is 9.70. The van der Waals surface area contributed by atoms with Gasteiger partial charge in [0.1, 0.15) is 0 Å². The number of fused-ring (bicyclic) bond motifs is 2. The lowest BCUT2D eigenvalue weighted by Gasteiger charge is -2.32. The van der Waals surface area contributed by atoms with Crippen molar-refractivity contribution < 1.29 is 0 Å². The predicted molar refractivity (Wildman–Crippen MR) is 146 cm³/mol. The minimum absolute atomic E-state index is 0.111. The summed E-state index contributed by atoms with van der Waals surface area (Å²) in [6.45, 7) is 6.05. The van der Waals surface area contributed by atoms with Gasteiger partial charge in [-0.15, -0.1) is 5.10 Å². The summed E-state index contributed by atoms with van der Waals surface area (Å²) in [5.41, 5.74) is 7.30. The number of rotatable bonds is 5. The summed E-state index contributed by atoms with van der Waals surface area (Å²) in [6, 6.07) is 13.1. The number of benzene rings is 2. The fraction of sp³-hybridized carbons (Fsp3) is 0.357. The highest BCUT2D eigenvalue weighted by Crippen LogP contribution is 2.36. The first-order valence-electron chi connectivity index (χ1n) is 12.8. The third kappa shape index (κ3) is 4.56. The molecule has 1 atom stereocenters. The van der Waals surface area contributed by atoms with E-state index in [0.717, 1.165) is 59.5 Å². The molecule has 1 aliphatic heterocycles. The van der Waals surface area contributed by atoms with Gasteiger partial charge in [-0.1, -0.05) is 31.2 Å². The van der Waals surface area contributed by atoms with Gasteiger partial charge in [0.2, 0.25) is 0 Å². The van der Waals surface area contributed by atoms with Crippen LogP contribution in [-0.4, -0.2) is 42.6 Å². The quantitative estimate of drug-likeness (QED) is 0.363. The van der Waals surface area contributed by atoms with Gasteiger partial charge in [-0.3, -0.25) is 14.6 Å². The van der Waals surface area contributed by atoms with Crippen LogP contribution in [0.5, 0.6) is 0 Å². The van der Waals surface area contributed by atoms with Gasteiger partial charge in [-0.25, -0.2) is 0 Å². The van der Waals surface area contributed by atoms with Crippen molar-refractivity contribution in [3.63, 3.8) is 0 Å². The number of nitrogens with one attached hydrogen (secondary N) is 2. The summed E-state index contributed by atoms with van der Waals surface area (Å²) in [5, 5.41) is 16.9. The highest BCUT2D eigenvalue weighted by Gasteiger charge is 2.28. The molecule has 3 aromatic heterocycles. The van der Waals surface area contributed by atoms with E-state index in [-0.39, 0.29) is 6.04 Å². The maximum atomic E-state index is 4.69. The summed E-state index contributed by atoms with van der Waals surface area (Å²) in [4.78, 5) is 9.34. The lowest BCUT2D eigenvalue weighted by atomic mass is 9.88. The molecule has 0 bridgehead atoms. The van der Waals surface area contributed by atoms with Crippen LogP contribution < -0.4 is 10.6 Å². The first-order chi connectivity index (χ1) is 17.7. The van der Waals surface area contributed by atoms with Crippen LogP contribution >= 0.6 is 0 Å². The van der Waals surface area contributed by atoms with Crippen molar-refractivity contribution in [2.24, 2.45) is 20.0 Å². The second kappa shape index (κ2) is 10.5. The fourth-order valence-electron chi connectivity index (χ4n) is 5.18. The molecule has 2 N–H and O–H groups in total. The number of aryl methyl sites for hydroxylation is 2. The van der Waals surface area contributed by atoms with E-state index in [2.05, 4.69) is 80.1 Å². The Labute approximate surface area is 211 Å². The molecule has 0 spiro atoms. The van der Waals surface area contributed by atoms with E-state index in [1.807, 2.05) is 31.8 Å². The van der Waals surface area contributed by atoms with Crippen LogP contribution in [0.1, 0.15) is 38.4 Å². The third-order valence-electron chi connectivity index (χ3n) is 7.02. The van der Waals surface area contributed by atoms with Crippen LogP contribution in [0.4, 0.5) is 5.69 Å². The van der Waals surface area contributed by atoms with Gasteiger partial charge in [-0.05, 0) is 67.1 Å². The second-order valence-electron chi connectivity index (χ2n) is 9.14. The Morgan fingerprint density at radius 3 is 2.58 bits per heavy atom. The molecule has 36 heavy (non-hydrogen) atoms. The molecular weight excluding hydrogens is 448 g/mol. The Balaban J connectivity index is 0.00000130. The summed E-state index contributed by atoms with van der Waals surface area (Å²) < 4.78 is 4.03. The smallest absolute Gasteiger partial charge is 0.0966 e. The zero-order valence-electron chi connectivity index (χ0n) is 21.4. The molecule has 0 radical (unpaired) electrons. The Hall–Kier alpha value is -3.78. The average molecular weight is 483 g/mol. The lowest BCUT2D eigenvalue weighted by molar-refractivity contribution is 0.327. The highest BCUT2D eigenvalue weighted by molar-refractivity contribution is 5.97. The van der Waals surface area contributed by atoms with Gasteiger partial charge in [0, 0.05) is 49.5 Å². The number of hydrogen-bond acceptors (Lipinski definition) is 6. The lowest BCUT2D eigenvalue weighted by Crippen LogP contribution is -2.34. The maximum absolute atomic E-state index is 4.69. The van der Waals surface area contributed by atoms with E-state index in [9.17, 15) is 0 Å². The van der Waals surface area contributed by atoms with Crippen LogP contribution in [-0.2, 0) is 14.1 Å². The molecule has 186 valence electrons. The van der Waals surface area contributed by atoms with Crippen LogP contribution in [0.2, 0.25) is 0 Å². The number of nitrogens with zero attached hydrogens (tertiary/aromatic N) is 6. The predicted octanol–water partition coefficient (Wildman–Crippen LogP) is 5.10. The van der Waals surface area contributed by atoms with E-state index in [0.29, 0.717) is 5.92 Å². The first kappa shape index (κ1) is 23.9. The van der Waals surface area contributed by atoms with Gasteiger partial charge in [0.05, 0.1) is 29.0 Å². The standard InChI is InChI=1S/C26H28N8.C2H6/c1-33-12-7-17-3-4-19(13-23(17)33)21-14-20(15-22-26(21)29-11-10-28-22)31-25(18-5-8-27-9-6-18)24-16-30-32-34(24)2;1-2/h3-4,7,10-16,18,25,27,31H,5-6,8-9H2,1-2H3;1-2H3. The van der Waals surface area contributed by atoms with Gasteiger partial charge in [0.25, 0.3) is 0 Å². The molecule has 1 fully saturated rings. The topological polar surface area (TPSA) is 85.5 Å². The minimum atomic E-state index is 0.111. The van der Waals surface area contributed by atoms with Crippen LogP contribution in [0.3, 0.4) is 0 Å². The van der Waals surface area contributed by atoms with Crippen molar-refractivity contribution >= 4 is 27.6 Å². The van der Waals surface area contributed by atoms with Crippen LogP contribution in [0, 0.1) is 5.92 Å². The Kier molecular flexibility index (Phi) is 6.95. The number of aromatic nitrogens is 6. The Morgan fingerprint density at radius 2 is 1.81 bits per heavy atom. The number of piperidine rings is 1. The van der Waals surface area contributed by atoms with Crippen LogP contribution in [0.25, 0.3) is 33.1 Å². The normalized spacial score (nSPS) is 15.0. The van der Waals surface area contributed by atoms with Crippen molar-refractivity contribution in [3.05, 3.63) is 66.9 Å². The monoisotopic (exact) mass is 482 g/mol. The van der Waals surface area contributed by atoms with Gasteiger partial charge < -0.3 is 15.2 Å². The zero-order valence-corrected chi connectivity index (χ0v) is 21.4. The van der Waals surface area contributed by atoms with E-state index in [1.54, 1.807) is 12.4 Å². The molecule has 8 nitrogen and oxygen atoms in total. The number of anilines is 1. The molecule has 1 unspecified atom stereocenters. The summed E-state index contributed by atoms with van der Waals surface area (Å²) in [5.74, 6) is 0.485. The van der Waals surface area contributed by atoms with E-state index < -0.39 is 0 Å². The van der Waals surface area contributed by atoms with Crippen molar-refractivity contribution in [2.75, 3.05) is 18.4 Å². The average Bonchev–Trinajstić information content (AvgIpc) is 3.53. The van der Waals surface area contributed by atoms with Crippen molar-refractivity contribution in [1.82, 2.24) is 34.8 Å². The second-order valence-corrected chi connectivity index (χ2v) is 9.14. The van der Waals surface area contributed by atoms with Crippen molar-refractivity contribution in [1.29, 1.82) is 0 Å². The van der Waals surface area contributed by atoms with Gasteiger partial charge in [0.15, 0.2) is 0 Å². The van der Waals surface area contributed by atoms with Gasteiger partial charge >= 0.3 is 0 Å². The summed E-state index contributed by atoms with van der Waals surface area (Å²) in [7, 11) is 4.04. The molecule has 1 aliphatic rings. The molecule has 0 aliphatic carbocycles. The van der Waals surface area contributed by atoms with E-state index >= 15 is 0 Å². The molecule has 0 amide bonds. The summed E-state index contributed by atoms with van der Waals surface area (Å²) >= 11 is 0. The van der Waals surface area contributed by atoms with E-state index in [4.69, 9.17) is 4.98 Å². The SMILES string of the molecule is CC.Cn1nncc1C(Nc1cc(-c2ccc3ccn(C)c3c2)c2nccnc2c1)C1CCNCC1. The largest absolute Gasteiger partial charge is 0.376 e. The van der Waals surface area contributed by atoms with E-state index in [1.165, 1.54) is 10.9 Å². The molecule has 4 heterocycles. The Morgan fingerprint density at radius 1 is 1.00 bits per heavy atom. The maximum Gasteiger partial charge on any atom is 0.0966 e. The van der Waals surface area contributed by atoms with Crippen LogP contribution in [0.15, 0.2) is 61.2 Å². The zero-order chi connectivity index (χ0) is 25.1. The minimum Gasteiger partial charge on any atom is -0.376 e. The Bertz CT molecular complexity index is 1460. The molecule has 6 rings (SSSR count). The number of hydrogen-bond donors (Lipinski definition) is 2. The molecule has 0 saturated carbocycles. The highest BCUT2D eigenvalue weighted by atomic mass is 15.4. The first-order valence-corrected chi connectivity index (χ1v) is 12.8. The van der Waals surface area contributed by atoms with Crippen molar-refractivity contribution in [2.45, 2.75) is 32.7 Å².